The average Bonchev–Trinajstić information content (AvgIpc) is 2.80. The molecule has 0 aliphatic carbocycles. The number of fused-ring (bicyclic) bond motifs is 1. The van der Waals surface area contributed by atoms with Crippen LogP contribution in [-0.2, 0) is 29.0 Å². The number of hydrogen-bond donors (Lipinski definition) is 1. The fourth-order valence-corrected chi connectivity index (χ4v) is 1.87. The van der Waals surface area contributed by atoms with Crippen LogP contribution in [0.25, 0.3) is 0 Å². The first-order valence-electron chi connectivity index (χ1n) is 6.42. The van der Waals surface area contributed by atoms with Crippen molar-refractivity contribution in [1.82, 2.24) is 9.88 Å². The highest BCUT2D eigenvalue weighted by atomic mass is 16.6. The van der Waals surface area contributed by atoms with E-state index in [0.717, 1.165) is 0 Å². The van der Waals surface area contributed by atoms with Crippen LogP contribution in [0.5, 0.6) is 0 Å². The molecule has 7 heteroatoms. The van der Waals surface area contributed by atoms with Crippen molar-refractivity contribution in [3.05, 3.63) is 17.3 Å². The van der Waals surface area contributed by atoms with E-state index in [0.29, 0.717) is 30.4 Å². The van der Waals surface area contributed by atoms with Crippen LogP contribution in [0.2, 0.25) is 0 Å². The number of carboxylic acid groups (broad SMARTS) is 1. The van der Waals surface area contributed by atoms with Gasteiger partial charge in [-0.2, -0.15) is 0 Å². The van der Waals surface area contributed by atoms with Gasteiger partial charge >= 0.3 is 12.1 Å². The molecule has 1 aromatic heterocycles. The molecule has 2 heterocycles. The van der Waals surface area contributed by atoms with Gasteiger partial charge in [0.1, 0.15) is 17.1 Å². The summed E-state index contributed by atoms with van der Waals surface area (Å²) in [4.78, 5) is 28.1. The van der Waals surface area contributed by atoms with Crippen molar-refractivity contribution in [2.45, 2.75) is 52.3 Å². The molecule has 0 atom stereocenters. The van der Waals surface area contributed by atoms with Gasteiger partial charge in [0.25, 0.3) is 0 Å². The van der Waals surface area contributed by atoms with Gasteiger partial charge in [0.05, 0.1) is 19.5 Å². The molecule has 20 heavy (non-hydrogen) atoms. The topological polar surface area (TPSA) is 92.9 Å². The summed E-state index contributed by atoms with van der Waals surface area (Å²) in [5.74, 6) is 0.122. The Labute approximate surface area is 116 Å². The van der Waals surface area contributed by atoms with Gasteiger partial charge in [-0.1, -0.05) is 0 Å². The van der Waals surface area contributed by atoms with Gasteiger partial charge in [0.15, 0.2) is 5.89 Å². The zero-order chi connectivity index (χ0) is 14.9. The minimum absolute atomic E-state index is 0.0187. The molecule has 0 spiro atoms. The quantitative estimate of drug-likeness (QED) is 0.910. The van der Waals surface area contributed by atoms with Crippen molar-refractivity contribution in [2.75, 3.05) is 0 Å². The number of hydrogen-bond acceptors (Lipinski definition) is 5. The van der Waals surface area contributed by atoms with E-state index in [1.54, 1.807) is 20.8 Å². The number of aliphatic carboxylic acids is 1. The van der Waals surface area contributed by atoms with Gasteiger partial charge < -0.3 is 14.3 Å². The van der Waals surface area contributed by atoms with Crippen molar-refractivity contribution in [1.29, 1.82) is 0 Å². The molecule has 0 fully saturated rings. The van der Waals surface area contributed by atoms with Crippen molar-refractivity contribution in [2.24, 2.45) is 0 Å². The van der Waals surface area contributed by atoms with Crippen LogP contribution in [0.15, 0.2) is 4.42 Å². The largest absolute Gasteiger partial charge is 0.481 e. The Morgan fingerprint density at radius 2 is 2.10 bits per heavy atom. The number of carboxylic acids is 1. The predicted molar refractivity (Wildman–Crippen MR) is 67.9 cm³/mol. The molecule has 1 aliphatic rings. The maximum Gasteiger partial charge on any atom is 0.411 e. The lowest BCUT2D eigenvalue weighted by Gasteiger charge is -2.23. The summed E-state index contributed by atoms with van der Waals surface area (Å²) in [6.45, 7) is 6.06. The Morgan fingerprint density at radius 1 is 1.40 bits per heavy atom. The van der Waals surface area contributed by atoms with Crippen LogP contribution in [-0.4, -0.2) is 32.7 Å². The van der Waals surface area contributed by atoms with Gasteiger partial charge in [-0.25, -0.2) is 9.78 Å². The standard InChI is InChI=1S/C13H18N2O5/c1-13(2,3)20-12(18)15-6-8-9(7-15)19-10(14-8)4-5-11(16)17/h4-7H2,1-3H3,(H,16,17). The van der Waals surface area contributed by atoms with Gasteiger partial charge in [-0.05, 0) is 20.8 Å². The normalized spacial score (nSPS) is 14.2. The maximum atomic E-state index is 11.9. The van der Waals surface area contributed by atoms with Gasteiger partial charge in [0, 0.05) is 6.42 Å². The lowest BCUT2D eigenvalue weighted by molar-refractivity contribution is -0.137. The van der Waals surface area contributed by atoms with Gasteiger partial charge in [0.2, 0.25) is 0 Å². The van der Waals surface area contributed by atoms with Crippen LogP contribution in [0.1, 0.15) is 44.5 Å². The maximum absolute atomic E-state index is 11.9. The third-order valence-corrected chi connectivity index (χ3v) is 2.70. The monoisotopic (exact) mass is 282 g/mol. The second-order valence-corrected chi connectivity index (χ2v) is 5.71. The first-order chi connectivity index (χ1) is 9.24. The van der Waals surface area contributed by atoms with Crippen LogP contribution < -0.4 is 0 Å². The molecule has 0 saturated heterocycles. The smallest absolute Gasteiger partial charge is 0.411 e. The summed E-state index contributed by atoms with van der Waals surface area (Å²) in [6, 6.07) is 0. The summed E-state index contributed by atoms with van der Waals surface area (Å²) in [5, 5.41) is 8.61. The van der Waals surface area contributed by atoms with Crippen molar-refractivity contribution in [3.63, 3.8) is 0 Å². The third kappa shape index (κ3) is 3.49. The Balaban J connectivity index is 1.94. The molecule has 0 aromatic carbocycles. The van der Waals surface area contributed by atoms with Crippen LogP contribution in [0.4, 0.5) is 4.79 Å². The van der Waals surface area contributed by atoms with Gasteiger partial charge in [-0.3, -0.25) is 9.69 Å². The molecule has 1 N–H and O–H groups in total. The summed E-state index contributed by atoms with van der Waals surface area (Å²) in [5.41, 5.74) is 0.136. The molecule has 0 saturated carbocycles. The molecular weight excluding hydrogens is 264 g/mol. The molecule has 0 radical (unpaired) electrons. The zero-order valence-corrected chi connectivity index (χ0v) is 11.8. The van der Waals surface area contributed by atoms with E-state index in [-0.39, 0.29) is 12.8 Å². The van der Waals surface area contributed by atoms with E-state index < -0.39 is 17.7 Å². The van der Waals surface area contributed by atoms with Crippen LogP contribution in [0.3, 0.4) is 0 Å². The molecule has 1 aromatic rings. The van der Waals surface area contributed by atoms with Crippen LogP contribution >= 0.6 is 0 Å². The number of carbonyl (C=O) groups is 2. The number of oxazole rings is 1. The number of aromatic nitrogens is 1. The van der Waals surface area contributed by atoms with E-state index in [1.165, 1.54) is 4.90 Å². The highest BCUT2D eigenvalue weighted by Gasteiger charge is 2.31. The highest BCUT2D eigenvalue weighted by molar-refractivity contribution is 5.69. The highest BCUT2D eigenvalue weighted by Crippen LogP contribution is 2.25. The summed E-state index contributed by atoms with van der Waals surface area (Å²) in [7, 11) is 0. The lowest BCUT2D eigenvalue weighted by atomic mass is 10.2. The van der Waals surface area contributed by atoms with Crippen molar-refractivity contribution >= 4 is 12.1 Å². The Morgan fingerprint density at radius 3 is 2.65 bits per heavy atom. The zero-order valence-electron chi connectivity index (χ0n) is 11.8. The minimum Gasteiger partial charge on any atom is -0.481 e. The predicted octanol–water partition coefficient (Wildman–Crippen LogP) is 1.94. The van der Waals surface area contributed by atoms with Gasteiger partial charge in [-0.15, -0.1) is 0 Å². The number of amides is 1. The van der Waals surface area contributed by atoms with Crippen LogP contribution in [0, 0.1) is 0 Å². The Hall–Kier alpha value is -2.05. The number of rotatable bonds is 3. The minimum atomic E-state index is -0.890. The number of ether oxygens (including phenoxy) is 1. The Kier molecular flexibility index (Phi) is 3.69. The lowest BCUT2D eigenvalue weighted by Crippen LogP contribution is -2.33. The number of aryl methyl sites for hydroxylation is 1. The first kappa shape index (κ1) is 14.4. The fourth-order valence-electron chi connectivity index (χ4n) is 1.87. The second kappa shape index (κ2) is 5.15. The summed E-state index contributed by atoms with van der Waals surface area (Å²) in [6.07, 6.45) is -0.165. The molecule has 0 bridgehead atoms. The van der Waals surface area contributed by atoms with E-state index >= 15 is 0 Å². The van der Waals surface area contributed by atoms with E-state index in [4.69, 9.17) is 14.3 Å². The SMILES string of the molecule is CC(C)(C)OC(=O)N1Cc2nc(CCC(=O)O)oc2C1. The van der Waals surface area contributed by atoms with E-state index in [9.17, 15) is 9.59 Å². The first-order valence-corrected chi connectivity index (χ1v) is 6.42. The van der Waals surface area contributed by atoms with E-state index in [1.807, 2.05) is 0 Å². The molecule has 1 aliphatic heterocycles. The molecule has 7 nitrogen and oxygen atoms in total. The molecule has 110 valence electrons. The number of carbonyl (C=O) groups excluding carboxylic acids is 1. The van der Waals surface area contributed by atoms with E-state index in [2.05, 4.69) is 4.98 Å². The van der Waals surface area contributed by atoms with Crippen molar-refractivity contribution < 1.29 is 23.8 Å². The summed E-state index contributed by atoms with van der Waals surface area (Å²) < 4.78 is 10.7. The average molecular weight is 282 g/mol. The summed E-state index contributed by atoms with van der Waals surface area (Å²) >= 11 is 0. The molecule has 1 amide bonds. The Bertz CT molecular complexity index is 506. The fraction of sp³-hybridized carbons (Fsp3) is 0.615. The second-order valence-electron chi connectivity index (χ2n) is 5.71. The molecule has 2 rings (SSSR count). The molecule has 0 unspecified atom stereocenters. The molecular formula is C13H18N2O5. The number of nitrogens with zero attached hydrogens (tertiary/aromatic N) is 2. The third-order valence-electron chi connectivity index (χ3n) is 2.70. The van der Waals surface area contributed by atoms with Crippen molar-refractivity contribution in [3.8, 4) is 0 Å².